The molecule has 0 spiro atoms. The molecule has 1 aromatic carbocycles. The maximum absolute atomic E-state index is 12.6. The standard InChI is InChI=1S/C17H22ClN3O3/c1-10(22)20-15(11-5-3-4-6-11)17(24)21-12-7-8-14(18)13(9-12)16(23)19-2/h7-9,11,15H,3-6H2,1-2H3,(H,19,23)(H,20,22)(H,21,24). The van der Waals surface area contributed by atoms with E-state index in [9.17, 15) is 14.4 Å². The van der Waals surface area contributed by atoms with Crippen molar-refractivity contribution in [1.29, 1.82) is 0 Å². The van der Waals surface area contributed by atoms with Crippen LogP contribution in [0.4, 0.5) is 5.69 Å². The van der Waals surface area contributed by atoms with E-state index in [1.54, 1.807) is 12.1 Å². The van der Waals surface area contributed by atoms with Gasteiger partial charge in [0.2, 0.25) is 11.8 Å². The van der Waals surface area contributed by atoms with Crippen molar-refractivity contribution in [2.75, 3.05) is 12.4 Å². The first-order chi connectivity index (χ1) is 11.4. The summed E-state index contributed by atoms with van der Waals surface area (Å²) in [7, 11) is 1.51. The van der Waals surface area contributed by atoms with E-state index in [1.165, 1.54) is 20.0 Å². The van der Waals surface area contributed by atoms with Gasteiger partial charge in [-0.05, 0) is 37.0 Å². The van der Waals surface area contributed by atoms with Gasteiger partial charge in [-0.3, -0.25) is 14.4 Å². The number of carbonyl (C=O) groups excluding carboxylic acids is 3. The molecule has 130 valence electrons. The third kappa shape index (κ3) is 4.47. The van der Waals surface area contributed by atoms with E-state index >= 15 is 0 Å². The van der Waals surface area contributed by atoms with Crippen LogP contribution in [0.1, 0.15) is 43.0 Å². The summed E-state index contributed by atoms with van der Waals surface area (Å²) in [5.74, 6) is -0.698. The Bertz CT molecular complexity index is 642. The molecular formula is C17H22ClN3O3. The van der Waals surface area contributed by atoms with Gasteiger partial charge in [-0.25, -0.2) is 0 Å². The van der Waals surface area contributed by atoms with Crippen LogP contribution < -0.4 is 16.0 Å². The Morgan fingerprint density at radius 1 is 1.21 bits per heavy atom. The van der Waals surface area contributed by atoms with Gasteiger partial charge in [0, 0.05) is 19.7 Å². The summed E-state index contributed by atoms with van der Waals surface area (Å²) < 4.78 is 0. The Labute approximate surface area is 146 Å². The van der Waals surface area contributed by atoms with Crippen LogP contribution in [0.25, 0.3) is 0 Å². The maximum Gasteiger partial charge on any atom is 0.252 e. The number of nitrogens with one attached hydrogen (secondary N) is 3. The second-order valence-corrected chi connectivity index (χ2v) is 6.39. The molecule has 0 radical (unpaired) electrons. The molecule has 0 heterocycles. The average Bonchev–Trinajstić information content (AvgIpc) is 3.07. The first-order valence-corrected chi connectivity index (χ1v) is 8.39. The fourth-order valence-electron chi connectivity index (χ4n) is 3.04. The molecule has 1 aliphatic carbocycles. The van der Waals surface area contributed by atoms with Crippen molar-refractivity contribution in [1.82, 2.24) is 10.6 Å². The zero-order valence-electron chi connectivity index (χ0n) is 13.8. The summed E-state index contributed by atoms with van der Waals surface area (Å²) in [6, 6.07) is 4.15. The average molecular weight is 352 g/mol. The summed E-state index contributed by atoms with van der Waals surface area (Å²) in [4.78, 5) is 35.8. The molecule has 3 N–H and O–H groups in total. The van der Waals surface area contributed by atoms with Gasteiger partial charge in [0.1, 0.15) is 6.04 Å². The fourth-order valence-corrected chi connectivity index (χ4v) is 3.24. The summed E-state index contributed by atoms with van der Waals surface area (Å²) in [6.07, 6.45) is 3.97. The highest BCUT2D eigenvalue weighted by Gasteiger charge is 2.31. The number of benzene rings is 1. The molecule has 3 amide bonds. The molecule has 1 saturated carbocycles. The number of hydrogen-bond donors (Lipinski definition) is 3. The van der Waals surface area contributed by atoms with Crippen LogP contribution in [0.3, 0.4) is 0 Å². The number of halogens is 1. The Hall–Kier alpha value is -2.08. The van der Waals surface area contributed by atoms with Gasteiger partial charge in [-0.2, -0.15) is 0 Å². The highest BCUT2D eigenvalue weighted by atomic mass is 35.5. The molecule has 1 unspecified atom stereocenters. The number of anilines is 1. The van der Waals surface area contributed by atoms with Crippen LogP contribution in [0.15, 0.2) is 18.2 Å². The third-order valence-electron chi connectivity index (χ3n) is 4.22. The smallest absolute Gasteiger partial charge is 0.252 e. The van der Waals surface area contributed by atoms with E-state index in [0.29, 0.717) is 10.7 Å². The fraction of sp³-hybridized carbons (Fsp3) is 0.471. The van der Waals surface area contributed by atoms with Crippen molar-refractivity contribution in [3.63, 3.8) is 0 Å². The van der Waals surface area contributed by atoms with Crippen LogP contribution in [-0.4, -0.2) is 30.8 Å². The molecule has 1 atom stereocenters. The van der Waals surface area contributed by atoms with Gasteiger partial charge < -0.3 is 16.0 Å². The number of amides is 3. The minimum atomic E-state index is -0.566. The minimum absolute atomic E-state index is 0.139. The zero-order chi connectivity index (χ0) is 17.7. The van der Waals surface area contributed by atoms with E-state index in [0.717, 1.165) is 25.7 Å². The van der Waals surface area contributed by atoms with E-state index in [2.05, 4.69) is 16.0 Å². The van der Waals surface area contributed by atoms with Gasteiger partial charge in [-0.15, -0.1) is 0 Å². The number of hydrogen-bond acceptors (Lipinski definition) is 3. The first-order valence-electron chi connectivity index (χ1n) is 8.02. The lowest BCUT2D eigenvalue weighted by Crippen LogP contribution is -2.47. The Balaban J connectivity index is 2.16. The summed E-state index contributed by atoms with van der Waals surface area (Å²) in [5, 5.41) is 8.33. The molecule has 1 aromatic rings. The highest BCUT2D eigenvalue weighted by molar-refractivity contribution is 6.34. The van der Waals surface area contributed by atoms with Crippen molar-refractivity contribution in [3.05, 3.63) is 28.8 Å². The summed E-state index contributed by atoms with van der Waals surface area (Å²) in [6.45, 7) is 1.40. The van der Waals surface area contributed by atoms with Crippen LogP contribution in [0.2, 0.25) is 5.02 Å². The quantitative estimate of drug-likeness (QED) is 0.760. The second kappa shape index (κ2) is 8.15. The SMILES string of the molecule is CNC(=O)c1cc(NC(=O)C(NC(C)=O)C2CCCC2)ccc1Cl. The van der Waals surface area contributed by atoms with Crippen LogP contribution in [-0.2, 0) is 9.59 Å². The van der Waals surface area contributed by atoms with Crippen molar-refractivity contribution in [3.8, 4) is 0 Å². The Morgan fingerprint density at radius 2 is 1.88 bits per heavy atom. The molecular weight excluding hydrogens is 330 g/mol. The van der Waals surface area contributed by atoms with Gasteiger partial charge in [0.05, 0.1) is 10.6 Å². The Kier molecular flexibility index (Phi) is 6.20. The van der Waals surface area contributed by atoms with E-state index in [4.69, 9.17) is 11.6 Å². The van der Waals surface area contributed by atoms with E-state index in [1.807, 2.05) is 0 Å². The number of rotatable bonds is 5. The maximum atomic E-state index is 12.6. The molecule has 6 nitrogen and oxygen atoms in total. The van der Waals surface area contributed by atoms with Crippen LogP contribution in [0, 0.1) is 5.92 Å². The Morgan fingerprint density at radius 3 is 2.46 bits per heavy atom. The van der Waals surface area contributed by atoms with Crippen molar-refractivity contribution >= 4 is 35.0 Å². The topological polar surface area (TPSA) is 87.3 Å². The molecule has 0 aliphatic heterocycles. The van der Waals surface area contributed by atoms with Gasteiger partial charge in [0.25, 0.3) is 5.91 Å². The van der Waals surface area contributed by atoms with Gasteiger partial charge >= 0.3 is 0 Å². The second-order valence-electron chi connectivity index (χ2n) is 5.99. The molecule has 1 fully saturated rings. The normalized spacial score (nSPS) is 15.6. The molecule has 0 aromatic heterocycles. The molecule has 0 bridgehead atoms. The predicted octanol–water partition coefficient (Wildman–Crippen LogP) is 2.33. The summed E-state index contributed by atoms with van der Waals surface area (Å²) >= 11 is 6.01. The molecule has 1 aliphatic rings. The molecule has 2 rings (SSSR count). The number of carbonyl (C=O) groups is 3. The van der Waals surface area contributed by atoms with E-state index < -0.39 is 6.04 Å². The monoisotopic (exact) mass is 351 g/mol. The lowest BCUT2D eigenvalue weighted by Gasteiger charge is -2.23. The lowest BCUT2D eigenvalue weighted by molar-refractivity contribution is -0.126. The van der Waals surface area contributed by atoms with Gasteiger partial charge in [-0.1, -0.05) is 24.4 Å². The molecule has 0 saturated heterocycles. The molecule has 24 heavy (non-hydrogen) atoms. The van der Waals surface area contributed by atoms with Crippen LogP contribution in [0.5, 0.6) is 0 Å². The predicted molar refractivity (Wildman–Crippen MR) is 93.0 cm³/mol. The van der Waals surface area contributed by atoms with Crippen molar-refractivity contribution in [2.45, 2.75) is 38.6 Å². The largest absolute Gasteiger partial charge is 0.355 e. The highest BCUT2D eigenvalue weighted by Crippen LogP contribution is 2.29. The first kappa shape index (κ1) is 18.3. The third-order valence-corrected chi connectivity index (χ3v) is 4.55. The van der Waals surface area contributed by atoms with E-state index in [-0.39, 0.29) is 29.2 Å². The van der Waals surface area contributed by atoms with Gasteiger partial charge in [0.15, 0.2) is 0 Å². The minimum Gasteiger partial charge on any atom is -0.355 e. The molecule has 7 heteroatoms. The van der Waals surface area contributed by atoms with Crippen molar-refractivity contribution < 1.29 is 14.4 Å². The lowest BCUT2D eigenvalue weighted by atomic mass is 9.97. The van der Waals surface area contributed by atoms with Crippen molar-refractivity contribution in [2.24, 2.45) is 5.92 Å². The summed E-state index contributed by atoms with van der Waals surface area (Å²) in [5.41, 5.74) is 0.755. The van der Waals surface area contributed by atoms with Crippen LogP contribution >= 0.6 is 11.6 Å². The zero-order valence-corrected chi connectivity index (χ0v) is 14.6.